The number of rotatable bonds is 8. The van der Waals surface area contributed by atoms with Gasteiger partial charge in [0.2, 0.25) is 5.91 Å². The number of benzene rings is 2. The lowest BCUT2D eigenvalue weighted by Crippen LogP contribution is -2.36. The number of hydrogen-bond acceptors (Lipinski definition) is 3. The summed E-state index contributed by atoms with van der Waals surface area (Å²) < 4.78 is 26.5. The molecule has 150 valence electrons. The standard InChI is InChI=1S/C20H22ClF2N3O2/c1-26(2)18(14-5-3-4-6-16(14)21)12-25-19(27)9-10-24-20(28)15-8-7-13(22)11-17(15)23/h3-8,11,18H,9-10,12H2,1-2H3,(H,24,28)(H,25,27). The fourth-order valence-corrected chi connectivity index (χ4v) is 2.94. The van der Waals surface area contributed by atoms with Gasteiger partial charge in [-0.25, -0.2) is 8.78 Å². The van der Waals surface area contributed by atoms with E-state index in [1.807, 2.05) is 37.2 Å². The summed E-state index contributed by atoms with van der Waals surface area (Å²) in [5.41, 5.74) is 0.628. The highest BCUT2D eigenvalue weighted by Crippen LogP contribution is 2.25. The molecular formula is C20H22ClF2N3O2. The van der Waals surface area contributed by atoms with E-state index in [4.69, 9.17) is 11.6 Å². The van der Waals surface area contributed by atoms with Crippen LogP contribution in [-0.4, -0.2) is 43.9 Å². The van der Waals surface area contributed by atoms with Crippen molar-refractivity contribution in [1.82, 2.24) is 15.5 Å². The number of carbonyl (C=O) groups excluding carboxylic acids is 2. The van der Waals surface area contributed by atoms with Gasteiger partial charge in [-0.2, -0.15) is 0 Å². The molecule has 2 N–H and O–H groups in total. The van der Waals surface area contributed by atoms with E-state index in [0.717, 1.165) is 17.7 Å². The van der Waals surface area contributed by atoms with Crippen molar-refractivity contribution in [2.45, 2.75) is 12.5 Å². The molecule has 0 bridgehead atoms. The van der Waals surface area contributed by atoms with Crippen molar-refractivity contribution in [3.05, 3.63) is 70.2 Å². The minimum Gasteiger partial charge on any atom is -0.354 e. The zero-order valence-electron chi connectivity index (χ0n) is 15.6. The summed E-state index contributed by atoms with van der Waals surface area (Å²) in [6.07, 6.45) is 0.0250. The molecule has 2 rings (SSSR count). The second kappa shape index (κ2) is 10.1. The maximum absolute atomic E-state index is 13.6. The largest absolute Gasteiger partial charge is 0.354 e. The number of carbonyl (C=O) groups is 2. The first kappa shape index (κ1) is 21.8. The van der Waals surface area contributed by atoms with Crippen molar-refractivity contribution in [1.29, 1.82) is 0 Å². The second-order valence-electron chi connectivity index (χ2n) is 6.44. The third-order valence-corrected chi connectivity index (χ3v) is 4.54. The summed E-state index contributed by atoms with van der Waals surface area (Å²) >= 11 is 6.24. The predicted octanol–water partition coefficient (Wildman–Crippen LogP) is 3.16. The molecule has 1 atom stereocenters. The summed E-state index contributed by atoms with van der Waals surface area (Å²) in [5.74, 6) is -2.68. The Hall–Kier alpha value is -2.51. The van der Waals surface area contributed by atoms with Crippen LogP contribution in [0.2, 0.25) is 5.02 Å². The van der Waals surface area contributed by atoms with Crippen LogP contribution in [0.25, 0.3) is 0 Å². The van der Waals surface area contributed by atoms with E-state index >= 15 is 0 Å². The van der Waals surface area contributed by atoms with Gasteiger partial charge in [0, 0.05) is 30.6 Å². The Morgan fingerprint density at radius 2 is 1.82 bits per heavy atom. The van der Waals surface area contributed by atoms with E-state index in [9.17, 15) is 18.4 Å². The molecule has 0 fully saturated rings. The van der Waals surface area contributed by atoms with Gasteiger partial charge in [0.15, 0.2) is 0 Å². The predicted molar refractivity (Wildman–Crippen MR) is 104 cm³/mol. The van der Waals surface area contributed by atoms with Crippen LogP contribution in [0.4, 0.5) is 8.78 Å². The molecular weight excluding hydrogens is 388 g/mol. The Labute approximate surface area is 167 Å². The number of likely N-dealkylation sites (N-methyl/N-ethyl adjacent to an activating group) is 1. The van der Waals surface area contributed by atoms with E-state index in [1.54, 1.807) is 6.07 Å². The van der Waals surface area contributed by atoms with Gasteiger partial charge in [-0.3, -0.25) is 9.59 Å². The molecule has 0 spiro atoms. The monoisotopic (exact) mass is 409 g/mol. The smallest absolute Gasteiger partial charge is 0.254 e. The number of amides is 2. The van der Waals surface area contributed by atoms with Crippen molar-refractivity contribution >= 4 is 23.4 Å². The van der Waals surface area contributed by atoms with Crippen molar-refractivity contribution < 1.29 is 18.4 Å². The average molecular weight is 410 g/mol. The Bertz CT molecular complexity index is 846. The molecule has 2 aromatic rings. The summed E-state index contributed by atoms with van der Waals surface area (Å²) in [5, 5.41) is 5.87. The van der Waals surface area contributed by atoms with Crippen LogP contribution in [0.5, 0.6) is 0 Å². The average Bonchev–Trinajstić information content (AvgIpc) is 2.63. The molecule has 0 aliphatic carbocycles. The molecule has 5 nitrogen and oxygen atoms in total. The summed E-state index contributed by atoms with van der Waals surface area (Å²) in [6, 6.07) is 9.99. The van der Waals surface area contributed by atoms with Gasteiger partial charge in [0.05, 0.1) is 11.6 Å². The highest BCUT2D eigenvalue weighted by atomic mass is 35.5. The molecule has 0 aliphatic heterocycles. The molecule has 8 heteroatoms. The van der Waals surface area contributed by atoms with E-state index in [-0.39, 0.29) is 30.5 Å². The molecule has 0 heterocycles. The first-order valence-electron chi connectivity index (χ1n) is 8.70. The van der Waals surface area contributed by atoms with Crippen LogP contribution in [0.1, 0.15) is 28.4 Å². The van der Waals surface area contributed by atoms with Crippen LogP contribution in [0.15, 0.2) is 42.5 Å². The van der Waals surface area contributed by atoms with Crippen molar-refractivity contribution in [3.8, 4) is 0 Å². The van der Waals surface area contributed by atoms with E-state index < -0.39 is 17.5 Å². The summed E-state index contributed by atoms with van der Waals surface area (Å²) in [6.45, 7) is 0.371. The maximum atomic E-state index is 13.6. The van der Waals surface area contributed by atoms with Gasteiger partial charge >= 0.3 is 0 Å². The fourth-order valence-electron chi connectivity index (χ4n) is 2.67. The molecule has 0 aliphatic rings. The zero-order valence-corrected chi connectivity index (χ0v) is 16.4. The number of halogens is 3. The molecule has 1 unspecified atom stereocenters. The van der Waals surface area contributed by atoms with Crippen LogP contribution in [-0.2, 0) is 4.79 Å². The van der Waals surface area contributed by atoms with Gasteiger partial charge < -0.3 is 15.5 Å². The molecule has 28 heavy (non-hydrogen) atoms. The van der Waals surface area contributed by atoms with Gasteiger partial charge in [0.1, 0.15) is 11.6 Å². The lowest BCUT2D eigenvalue weighted by atomic mass is 10.1. The van der Waals surface area contributed by atoms with Gasteiger partial charge in [-0.15, -0.1) is 0 Å². The molecule has 2 amide bonds. The SMILES string of the molecule is CN(C)C(CNC(=O)CCNC(=O)c1ccc(F)cc1F)c1ccccc1Cl. The number of nitrogens with zero attached hydrogens (tertiary/aromatic N) is 1. The van der Waals surface area contributed by atoms with Crippen LogP contribution in [0.3, 0.4) is 0 Å². The quantitative estimate of drug-likeness (QED) is 0.704. The van der Waals surface area contributed by atoms with Crippen molar-refractivity contribution in [2.75, 3.05) is 27.2 Å². The normalized spacial score (nSPS) is 11.9. The Morgan fingerprint density at radius 1 is 1.11 bits per heavy atom. The van der Waals surface area contributed by atoms with Crippen LogP contribution >= 0.6 is 11.6 Å². The minimum atomic E-state index is -0.949. The van der Waals surface area contributed by atoms with E-state index in [2.05, 4.69) is 10.6 Å². The number of nitrogens with one attached hydrogen (secondary N) is 2. The molecule has 0 saturated carbocycles. The van der Waals surface area contributed by atoms with Crippen molar-refractivity contribution in [3.63, 3.8) is 0 Å². The molecule has 0 radical (unpaired) electrons. The third-order valence-electron chi connectivity index (χ3n) is 4.19. The topological polar surface area (TPSA) is 61.4 Å². The Balaban J connectivity index is 1.83. The highest BCUT2D eigenvalue weighted by molar-refractivity contribution is 6.31. The van der Waals surface area contributed by atoms with E-state index in [0.29, 0.717) is 17.6 Å². The number of hydrogen-bond donors (Lipinski definition) is 2. The summed E-state index contributed by atoms with van der Waals surface area (Å²) in [7, 11) is 3.77. The lowest BCUT2D eigenvalue weighted by molar-refractivity contribution is -0.121. The fraction of sp³-hybridized carbons (Fsp3) is 0.300. The van der Waals surface area contributed by atoms with Gasteiger partial charge in [-0.05, 0) is 37.9 Å². The Kier molecular flexibility index (Phi) is 7.90. The second-order valence-corrected chi connectivity index (χ2v) is 6.84. The molecule has 0 saturated heterocycles. The van der Waals surface area contributed by atoms with E-state index in [1.165, 1.54) is 0 Å². The first-order chi connectivity index (χ1) is 13.3. The third kappa shape index (κ3) is 6.00. The first-order valence-corrected chi connectivity index (χ1v) is 9.08. The minimum absolute atomic E-state index is 0.0250. The maximum Gasteiger partial charge on any atom is 0.254 e. The Morgan fingerprint density at radius 3 is 2.46 bits per heavy atom. The summed E-state index contributed by atoms with van der Waals surface area (Å²) in [4.78, 5) is 25.9. The van der Waals surface area contributed by atoms with Crippen molar-refractivity contribution in [2.24, 2.45) is 0 Å². The molecule has 0 aromatic heterocycles. The van der Waals surface area contributed by atoms with Crippen LogP contribution < -0.4 is 10.6 Å². The van der Waals surface area contributed by atoms with Gasteiger partial charge in [-0.1, -0.05) is 29.8 Å². The molecule has 2 aromatic carbocycles. The van der Waals surface area contributed by atoms with Crippen LogP contribution in [0, 0.1) is 11.6 Å². The lowest BCUT2D eigenvalue weighted by Gasteiger charge is -2.26. The highest BCUT2D eigenvalue weighted by Gasteiger charge is 2.18. The van der Waals surface area contributed by atoms with Gasteiger partial charge in [0.25, 0.3) is 5.91 Å². The zero-order chi connectivity index (χ0) is 20.7.